The van der Waals surface area contributed by atoms with Gasteiger partial charge in [0, 0.05) is 164 Å². The van der Waals surface area contributed by atoms with Crippen molar-refractivity contribution >= 4 is 133 Å². The van der Waals surface area contributed by atoms with Crippen LogP contribution in [0.1, 0.15) is 11.1 Å². The van der Waals surface area contributed by atoms with Crippen molar-refractivity contribution in [1.29, 1.82) is 0 Å². The zero-order valence-electron chi connectivity index (χ0n) is 57.9. The summed E-state index contributed by atoms with van der Waals surface area (Å²) >= 11 is 19.7. The monoisotopic (exact) mass is 2300 g/mol. The van der Waals surface area contributed by atoms with E-state index in [1.165, 1.54) is 44.3 Å². The van der Waals surface area contributed by atoms with Crippen LogP contribution in [0.15, 0.2) is 349 Å². The number of anilines is 6. The van der Waals surface area contributed by atoms with Gasteiger partial charge in [-0.2, -0.15) is 0 Å². The molecule has 0 amide bonds. The number of aromatic nitrogens is 6. The Bertz CT molecular complexity index is 5690. The number of benzene rings is 12. The van der Waals surface area contributed by atoms with E-state index >= 15 is 0 Å². The average molecular weight is 2300 g/mol. The summed E-state index contributed by atoms with van der Waals surface area (Å²) < 4.78 is 12.7. The largest absolute Gasteiger partial charge is 0.453 e. The number of rotatable bonds is 8. The summed E-state index contributed by atoms with van der Waals surface area (Å²) in [5.41, 5.74) is 23.6. The molecule has 544 valence electrons. The SMILES string of the molecule is Brc1ccc2c(c1)c1cc(Br)ccc1n2-c1cc[c-]c(-c2ccccn2)c1.Clc1ccc2c(c1)c1cc(Cl)ccc1n2-c1cc[c-]c(-c2ccccn2)c1.[Ir].[Ir].[Ir].[Ir].[c-]1ccc(N2c3ccccc3Cc3ccccc32)cc1-c1ccccn1.[c-]1ccc(N2c3ccccc3Oc3ccccc32)cc1-c1ccccn1. The van der Waals surface area contributed by atoms with Crippen LogP contribution in [-0.2, 0) is 86.8 Å². The summed E-state index contributed by atoms with van der Waals surface area (Å²) in [5.74, 6) is 1.69. The summed E-state index contributed by atoms with van der Waals surface area (Å²) in [4.78, 5) is 22.4. The Kier molecular flexibility index (Phi) is 25.4. The predicted molar refractivity (Wildman–Crippen MR) is 440 cm³/mol. The number of nitrogens with zero attached hydrogens (tertiary/aromatic N) is 8. The molecule has 2 aliphatic heterocycles. The summed E-state index contributed by atoms with van der Waals surface area (Å²) in [6.45, 7) is 0. The fourth-order valence-corrected chi connectivity index (χ4v) is 15.0. The van der Waals surface area contributed by atoms with Crippen LogP contribution in [0, 0.1) is 24.3 Å². The maximum absolute atomic E-state index is 6.26. The van der Waals surface area contributed by atoms with E-state index in [9.17, 15) is 0 Å². The van der Waals surface area contributed by atoms with Gasteiger partial charge in [0.05, 0.1) is 33.4 Å². The molecule has 0 spiro atoms. The minimum atomic E-state index is 0. The number of pyridine rings is 4. The Morgan fingerprint density at radius 1 is 0.300 bits per heavy atom. The van der Waals surface area contributed by atoms with Gasteiger partial charge in [-0.05, 0) is 190 Å². The van der Waals surface area contributed by atoms with Crippen molar-refractivity contribution < 1.29 is 85.2 Å². The Morgan fingerprint density at radius 2 is 0.600 bits per heavy atom. The normalized spacial score (nSPS) is 11.3. The number of ether oxygens (including phenoxy) is 1. The van der Waals surface area contributed by atoms with Gasteiger partial charge in [-0.15, -0.1) is 119 Å². The van der Waals surface area contributed by atoms with Crippen molar-refractivity contribution in [3.8, 4) is 67.9 Å². The molecule has 0 saturated heterocycles. The number of hydrogen-bond donors (Lipinski definition) is 0. The minimum Gasteiger partial charge on any atom is -0.453 e. The van der Waals surface area contributed by atoms with Crippen LogP contribution in [0.25, 0.3) is 100 Å². The van der Waals surface area contributed by atoms with Crippen LogP contribution in [0.2, 0.25) is 10.0 Å². The van der Waals surface area contributed by atoms with E-state index in [1.54, 1.807) is 12.4 Å². The van der Waals surface area contributed by atoms with Crippen LogP contribution in [-0.4, -0.2) is 29.1 Å². The molecule has 4 radical (unpaired) electrons. The van der Waals surface area contributed by atoms with Crippen LogP contribution in [0.4, 0.5) is 34.1 Å². The number of halogens is 4. The molecule has 18 aromatic rings. The average Bonchev–Trinajstić information content (AvgIpc) is 1.58. The zero-order valence-corrected chi connectivity index (χ0v) is 72.1. The van der Waals surface area contributed by atoms with Gasteiger partial charge in [-0.3, -0.25) is 0 Å². The van der Waals surface area contributed by atoms with Crippen LogP contribution >= 0.6 is 55.1 Å². The summed E-state index contributed by atoms with van der Waals surface area (Å²) in [6, 6.07) is 120. The smallest absolute Gasteiger partial charge is 0.151 e. The molecule has 0 bridgehead atoms. The van der Waals surface area contributed by atoms with Crippen LogP contribution < -0.4 is 14.5 Å². The Hall–Kier alpha value is -9.62. The first-order chi connectivity index (χ1) is 52.2. The van der Waals surface area contributed by atoms with Gasteiger partial charge >= 0.3 is 0 Å². The van der Waals surface area contributed by atoms with E-state index in [2.05, 4.69) is 241 Å². The Labute approximate surface area is 718 Å². The quantitative estimate of drug-likeness (QED) is 0.140. The van der Waals surface area contributed by atoms with Gasteiger partial charge < -0.3 is 43.6 Å². The van der Waals surface area contributed by atoms with Gasteiger partial charge in [0.15, 0.2) is 11.5 Å². The van der Waals surface area contributed by atoms with Gasteiger partial charge in [0.2, 0.25) is 0 Å². The van der Waals surface area contributed by atoms with Crippen LogP contribution in [0.3, 0.4) is 0 Å². The van der Waals surface area contributed by atoms with E-state index < -0.39 is 0 Å². The van der Waals surface area contributed by atoms with Crippen LogP contribution in [0.5, 0.6) is 11.5 Å². The van der Waals surface area contributed by atoms with Crippen molar-refractivity contribution in [2.75, 3.05) is 9.80 Å². The van der Waals surface area contributed by atoms with E-state index in [0.29, 0.717) is 10.0 Å². The third kappa shape index (κ3) is 16.4. The molecular formula is C93H58Br2Cl2Ir4N8O-4. The molecule has 0 fully saturated rings. The molecule has 12 aromatic carbocycles. The molecular weight excluding hydrogens is 2240 g/mol. The summed E-state index contributed by atoms with van der Waals surface area (Å²) in [7, 11) is 0. The topological polar surface area (TPSA) is 77.1 Å². The van der Waals surface area contributed by atoms with E-state index in [-0.39, 0.29) is 80.4 Å². The molecule has 0 N–H and O–H groups in total. The van der Waals surface area contributed by atoms with Crippen molar-refractivity contribution in [2.24, 2.45) is 0 Å². The van der Waals surface area contributed by atoms with Gasteiger partial charge in [-0.1, -0.05) is 164 Å². The first-order valence-electron chi connectivity index (χ1n) is 34.4. The fraction of sp³-hybridized carbons (Fsp3) is 0.0108. The number of hydrogen-bond acceptors (Lipinski definition) is 7. The van der Waals surface area contributed by atoms with E-state index in [0.717, 1.165) is 128 Å². The molecule has 9 nitrogen and oxygen atoms in total. The molecule has 0 atom stereocenters. The first kappa shape index (κ1) is 78.5. The minimum absolute atomic E-state index is 0. The van der Waals surface area contributed by atoms with Crippen molar-refractivity contribution in [1.82, 2.24) is 29.1 Å². The second-order valence-electron chi connectivity index (χ2n) is 25.2. The summed E-state index contributed by atoms with van der Waals surface area (Å²) in [6.07, 6.45) is 8.19. The molecule has 8 heterocycles. The van der Waals surface area contributed by atoms with Gasteiger partial charge in [0.25, 0.3) is 0 Å². The van der Waals surface area contributed by atoms with Crippen molar-refractivity contribution in [2.45, 2.75) is 6.42 Å². The molecule has 20 rings (SSSR count). The number of fused-ring (bicyclic) bond motifs is 10. The molecule has 2 aliphatic rings. The summed E-state index contributed by atoms with van der Waals surface area (Å²) in [5, 5.41) is 5.99. The van der Waals surface area contributed by atoms with Crippen molar-refractivity contribution in [3.63, 3.8) is 0 Å². The van der Waals surface area contributed by atoms with Gasteiger partial charge in [-0.25, -0.2) is 0 Å². The first-order valence-corrected chi connectivity index (χ1v) is 36.7. The maximum Gasteiger partial charge on any atom is 0.151 e. The van der Waals surface area contributed by atoms with Crippen molar-refractivity contribution in [3.05, 3.63) is 395 Å². The van der Waals surface area contributed by atoms with E-state index in [4.69, 9.17) is 27.9 Å². The standard InChI is InChI=1S/C24H17N2.C23H13Br2N2.C23H13Cl2N2.C23H15N2O.4Ir/c1-3-13-23-19(8-1)16-20-9-2-4-14-24(20)26(23)21-11-7-10-18(17-21)22-12-5-6-15-25-22;2*24-16-7-9-22-19(13-16)20-14-17(25)8-10-23(20)27(22)18-5-3-4-15(12-18)21-6-1-2-11-26-21;1-3-13-22-20(11-1)25(21-12-2-4-14-23(21)26-22)18-9-7-8-17(16-18)19-10-5-6-15-24-19;;;;/h1-9,11-15,17H,16H2;2*1-3,5-14H;1-7,9-16H;;;;/q4*-1;;;;. The van der Waals surface area contributed by atoms with E-state index in [1.807, 2.05) is 182 Å². The predicted octanol–water partition coefficient (Wildman–Crippen LogP) is 26.2. The number of para-hydroxylation sites is 6. The molecule has 0 aliphatic carbocycles. The zero-order chi connectivity index (χ0) is 71.5. The molecule has 110 heavy (non-hydrogen) atoms. The second-order valence-corrected chi connectivity index (χ2v) is 27.9. The Morgan fingerprint density at radius 3 is 0.964 bits per heavy atom. The fourth-order valence-electron chi connectivity index (χ4n) is 13.9. The second kappa shape index (κ2) is 35.6. The maximum atomic E-state index is 6.26. The van der Waals surface area contributed by atoms with Gasteiger partial charge in [0.1, 0.15) is 0 Å². The molecule has 0 unspecified atom stereocenters. The molecule has 0 saturated carbocycles. The molecule has 17 heteroatoms. The molecule has 6 aromatic heterocycles. The Balaban J connectivity index is 0.000000127. The third-order valence-corrected chi connectivity index (χ3v) is 20.1. The third-order valence-electron chi connectivity index (χ3n) is 18.6.